The van der Waals surface area contributed by atoms with Crippen LogP contribution >= 0.6 is 11.8 Å². The quantitative estimate of drug-likeness (QED) is 0.838. The van der Waals surface area contributed by atoms with E-state index in [0.717, 1.165) is 23.1 Å². The van der Waals surface area contributed by atoms with E-state index in [0.29, 0.717) is 11.3 Å². The van der Waals surface area contributed by atoms with Crippen LogP contribution in [0.4, 0.5) is 0 Å². The maximum atomic E-state index is 4.65. The van der Waals surface area contributed by atoms with Crippen LogP contribution in [0.3, 0.4) is 0 Å². The third kappa shape index (κ3) is 4.19. The molecule has 0 saturated heterocycles. The summed E-state index contributed by atoms with van der Waals surface area (Å²) in [7, 11) is 0. The standard InChI is InChI=1S/C16H27N3S/c1-5-9-17-14-7-6-8-15(10-14)20-16-18-12(3)11(2)13(4)19-16/h14-15,17H,5-10H2,1-4H3. The van der Waals surface area contributed by atoms with Crippen molar-refractivity contribution in [3.63, 3.8) is 0 Å². The van der Waals surface area contributed by atoms with Gasteiger partial charge in [0.2, 0.25) is 0 Å². The SMILES string of the molecule is CCCNC1CCCC(Sc2nc(C)c(C)c(C)n2)C1. The molecule has 0 radical (unpaired) electrons. The van der Waals surface area contributed by atoms with Gasteiger partial charge in [-0.2, -0.15) is 0 Å². The highest BCUT2D eigenvalue weighted by atomic mass is 32.2. The van der Waals surface area contributed by atoms with E-state index in [9.17, 15) is 0 Å². The van der Waals surface area contributed by atoms with Gasteiger partial charge in [0.15, 0.2) is 5.16 Å². The van der Waals surface area contributed by atoms with E-state index < -0.39 is 0 Å². The monoisotopic (exact) mass is 293 g/mol. The van der Waals surface area contributed by atoms with Gasteiger partial charge in [0.1, 0.15) is 0 Å². The second kappa shape index (κ2) is 7.41. The van der Waals surface area contributed by atoms with Crippen LogP contribution in [0.25, 0.3) is 0 Å². The number of hydrogen-bond acceptors (Lipinski definition) is 4. The van der Waals surface area contributed by atoms with Gasteiger partial charge in [-0.3, -0.25) is 0 Å². The molecular formula is C16H27N3S. The number of nitrogens with one attached hydrogen (secondary N) is 1. The lowest BCUT2D eigenvalue weighted by Gasteiger charge is -2.29. The molecule has 1 heterocycles. The normalized spacial score (nSPS) is 23.0. The first-order chi connectivity index (χ1) is 9.60. The number of hydrogen-bond donors (Lipinski definition) is 1. The van der Waals surface area contributed by atoms with E-state index in [-0.39, 0.29) is 0 Å². The maximum Gasteiger partial charge on any atom is 0.188 e. The maximum absolute atomic E-state index is 4.65. The van der Waals surface area contributed by atoms with Crippen LogP contribution in [-0.2, 0) is 0 Å². The van der Waals surface area contributed by atoms with Crippen LogP contribution in [0.15, 0.2) is 5.16 Å². The van der Waals surface area contributed by atoms with Crippen LogP contribution < -0.4 is 5.32 Å². The van der Waals surface area contributed by atoms with Crippen molar-refractivity contribution in [1.29, 1.82) is 0 Å². The molecule has 1 aliphatic carbocycles. The number of nitrogens with zero attached hydrogens (tertiary/aromatic N) is 2. The van der Waals surface area contributed by atoms with Crippen molar-refractivity contribution in [2.24, 2.45) is 0 Å². The first kappa shape index (κ1) is 15.8. The Morgan fingerprint density at radius 1 is 1.15 bits per heavy atom. The second-order valence-corrected chi connectivity index (χ2v) is 7.13. The van der Waals surface area contributed by atoms with Gasteiger partial charge in [-0.05, 0) is 58.6 Å². The van der Waals surface area contributed by atoms with Crippen molar-refractivity contribution < 1.29 is 0 Å². The molecule has 0 aliphatic heterocycles. The molecule has 112 valence electrons. The average molecular weight is 293 g/mol. The smallest absolute Gasteiger partial charge is 0.188 e. The van der Waals surface area contributed by atoms with Gasteiger partial charge >= 0.3 is 0 Å². The zero-order valence-electron chi connectivity index (χ0n) is 13.2. The molecule has 1 N–H and O–H groups in total. The summed E-state index contributed by atoms with van der Waals surface area (Å²) in [5.41, 5.74) is 3.47. The average Bonchev–Trinajstić information content (AvgIpc) is 2.43. The van der Waals surface area contributed by atoms with Crippen LogP contribution in [-0.4, -0.2) is 27.8 Å². The summed E-state index contributed by atoms with van der Waals surface area (Å²) >= 11 is 1.88. The van der Waals surface area contributed by atoms with Gasteiger partial charge in [-0.25, -0.2) is 9.97 Å². The highest BCUT2D eigenvalue weighted by molar-refractivity contribution is 7.99. The van der Waals surface area contributed by atoms with Crippen molar-refractivity contribution >= 4 is 11.8 Å². The molecule has 0 aromatic carbocycles. The van der Waals surface area contributed by atoms with Gasteiger partial charge in [-0.1, -0.05) is 25.1 Å². The highest BCUT2D eigenvalue weighted by Crippen LogP contribution is 2.32. The summed E-state index contributed by atoms with van der Waals surface area (Å²) in [6.45, 7) is 9.64. The van der Waals surface area contributed by atoms with Crippen LogP contribution in [0.2, 0.25) is 0 Å². The summed E-state index contributed by atoms with van der Waals surface area (Å²) in [6.07, 6.45) is 6.41. The van der Waals surface area contributed by atoms with E-state index >= 15 is 0 Å². The van der Waals surface area contributed by atoms with E-state index in [2.05, 4.69) is 43.0 Å². The largest absolute Gasteiger partial charge is 0.314 e. The summed E-state index contributed by atoms with van der Waals surface area (Å²) in [4.78, 5) is 9.29. The zero-order chi connectivity index (χ0) is 14.5. The van der Waals surface area contributed by atoms with Gasteiger partial charge in [0.05, 0.1) is 0 Å². The lowest BCUT2D eigenvalue weighted by molar-refractivity contribution is 0.381. The van der Waals surface area contributed by atoms with E-state index in [4.69, 9.17) is 0 Å². The Hall–Kier alpha value is -0.610. The van der Waals surface area contributed by atoms with Crippen molar-refractivity contribution in [1.82, 2.24) is 15.3 Å². The minimum Gasteiger partial charge on any atom is -0.314 e. The number of thioether (sulfide) groups is 1. The van der Waals surface area contributed by atoms with Crippen LogP contribution in [0.5, 0.6) is 0 Å². The van der Waals surface area contributed by atoms with Crippen LogP contribution in [0, 0.1) is 20.8 Å². The van der Waals surface area contributed by atoms with E-state index in [1.165, 1.54) is 37.7 Å². The third-order valence-corrected chi connectivity index (χ3v) is 5.35. The predicted molar refractivity (Wildman–Crippen MR) is 86.4 cm³/mol. The molecule has 0 spiro atoms. The fraction of sp³-hybridized carbons (Fsp3) is 0.750. The number of aryl methyl sites for hydroxylation is 2. The summed E-state index contributed by atoms with van der Waals surface area (Å²) in [6, 6.07) is 0.689. The van der Waals surface area contributed by atoms with E-state index in [1.807, 2.05) is 11.8 Å². The van der Waals surface area contributed by atoms with Gasteiger partial charge in [-0.15, -0.1) is 0 Å². The third-order valence-electron chi connectivity index (χ3n) is 4.19. The first-order valence-electron chi connectivity index (χ1n) is 7.82. The van der Waals surface area contributed by atoms with Crippen molar-refractivity contribution in [3.05, 3.63) is 17.0 Å². The molecule has 2 rings (SSSR count). The molecular weight excluding hydrogens is 266 g/mol. The lowest BCUT2D eigenvalue weighted by atomic mass is 9.95. The molecule has 1 aromatic rings. The molecule has 0 amide bonds. The van der Waals surface area contributed by atoms with Crippen molar-refractivity contribution in [2.75, 3.05) is 6.54 Å². The molecule has 3 nitrogen and oxygen atoms in total. The first-order valence-corrected chi connectivity index (χ1v) is 8.70. The molecule has 4 heteroatoms. The lowest BCUT2D eigenvalue weighted by Crippen LogP contribution is -2.35. The second-order valence-electron chi connectivity index (χ2n) is 5.86. The molecule has 1 aromatic heterocycles. The minimum atomic E-state index is 0.666. The number of rotatable bonds is 5. The zero-order valence-corrected chi connectivity index (χ0v) is 14.0. The van der Waals surface area contributed by atoms with Gasteiger partial charge < -0.3 is 5.32 Å². The molecule has 20 heavy (non-hydrogen) atoms. The Kier molecular flexibility index (Phi) is 5.85. The molecule has 1 saturated carbocycles. The molecule has 0 bridgehead atoms. The Balaban J connectivity index is 1.95. The van der Waals surface area contributed by atoms with Gasteiger partial charge in [0, 0.05) is 22.7 Å². The van der Waals surface area contributed by atoms with Crippen molar-refractivity contribution in [2.45, 2.75) is 76.2 Å². The summed E-state index contributed by atoms with van der Waals surface area (Å²) in [5.74, 6) is 0. The molecule has 2 unspecified atom stereocenters. The molecule has 1 fully saturated rings. The minimum absolute atomic E-state index is 0.666. The Morgan fingerprint density at radius 3 is 2.50 bits per heavy atom. The van der Waals surface area contributed by atoms with Crippen LogP contribution in [0.1, 0.15) is 56.0 Å². The fourth-order valence-electron chi connectivity index (χ4n) is 2.73. The fourth-order valence-corrected chi connectivity index (χ4v) is 4.02. The molecule has 2 atom stereocenters. The predicted octanol–water partition coefficient (Wildman–Crippen LogP) is 3.80. The van der Waals surface area contributed by atoms with Crippen molar-refractivity contribution in [3.8, 4) is 0 Å². The Bertz CT molecular complexity index is 424. The van der Waals surface area contributed by atoms with E-state index in [1.54, 1.807) is 0 Å². The summed E-state index contributed by atoms with van der Waals surface area (Å²) in [5, 5.41) is 5.30. The number of aromatic nitrogens is 2. The topological polar surface area (TPSA) is 37.8 Å². The summed E-state index contributed by atoms with van der Waals surface area (Å²) < 4.78 is 0. The van der Waals surface area contributed by atoms with Gasteiger partial charge in [0.25, 0.3) is 0 Å². The Morgan fingerprint density at radius 2 is 1.85 bits per heavy atom. The Labute approximate surface area is 127 Å². The molecule has 1 aliphatic rings. The highest BCUT2D eigenvalue weighted by Gasteiger charge is 2.23.